The monoisotopic (exact) mass is 360 g/mol. The summed E-state index contributed by atoms with van der Waals surface area (Å²) in [5, 5.41) is 16.4. The van der Waals surface area contributed by atoms with E-state index in [-0.39, 0.29) is 18.9 Å². The quantitative estimate of drug-likeness (QED) is 0.707. The van der Waals surface area contributed by atoms with E-state index in [2.05, 4.69) is 10.6 Å². The number of amides is 2. The number of benzene rings is 1. The van der Waals surface area contributed by atoms with Crippen molar-refractivity contribution in [3.63, 3.8) is 0 Å². The number of carboxylic acid groups (broad SMARTS) is 1. The first-order chi connectivity index (χ1) is 11.9. The average Bonchev–Trinajstić information content (AvgIpc) is 3.05. The van der Waals surface area contributed by atoms with Crippen LogP contribution in [0.3, 0.4) is 0 Å². The number of thiophene rings is 1. The molecule has 25 heavy (non-hydrogen) atoms. The molecular weight excluding hydrogens is 340 g/mol. The van der Waals surface area contributed by atoms with Crippen molar-refractivity contribution >= 4 is 29.1 Å². The summed E-state index contributed by atoms with van der Waals surface area (Å²) in [5.41, 5.74) is 2.39. The van der Waals surface area contributed by atoms with Crippen molar-refractivity contribution in [3.8, 4) is 0 Å². The largest absolute Gasteiger partial charge is 0.479 e. The topological polar surface area (TPSA) is 95.5 Å². The lowest BCUT2D eigenvalue weighted by molar-refractivity contribution is -0.142. The molecule has 0 aliphatic heterocycles. The average molecular weight is 360 g/mol. The van der Waals surface area contributed by atoms with Crippen LogP contribution in [0.2, 0.25) is 0 Å². The van der Waals surface area contributed by atoms with Crippen LogP contribution in [0.15, 0.2) is 35.7 Å². The van der Waals surface area contributed by atoms with Crippen molar-refractivity contribution in [1.29, 1.82) is 0 Å². The van der Waals surface area contributed by atoms with E-state index in [9.17, 15) is 19.5 Å². The fourth-order valence-corrected chi connectivity index (χ4v) is 3.12. The molecule has 1 aromatic heterocycles. The van der Waals surface area contributed by atoms with E-state index in [0.717, 1.165) is 11.1 Å². The van der Waals surface area contributed by atoms with Crippen molar-refractivity contribution in [3.05, 3.63) is 57.3 Å². The number of carboxylic acids is 1. The highest BCUT2D eigenvalue weighted by Gasteiger charge is 2.22. The lowest BCUT2D eigenvalue weighted by Crippen LogP contribution is -2.36. The molecule has 132 valence electrons. The van der Waals surface area contributed by atoms with Crippen LogP contribution < -0.4 is 10.6 Å². The Bertz CT molecular complexity index is 751. The van der Waals surface area contributed by atoms with Crippen LogP contribution in [0, 0.1) is 13.8 Å². The Labute approximate surface area is 149 Å². The van der Waals surface area contributed by atoms with Gasteiger partial charge in [0.2, 0.25) is 5.91 Å². The summed E-state index contributed by atoms with van der Waals surface area (Å²) in [5.74, 6) is -1.80. The van der Waals surface area contributed by atoms with Crippen LogP contribution in [0.1, 0.15) is 38.8 Å². The molecule has 6 nitrogen and oxygen atoms in total. The molecule has 2 aromatic rings. The van der Waals surface area contributed by atoms with Gasteiger partial charge >= 0.3 is 5.97 Å². The first-order valence-electron chi connectivity index (χ1n) is 7.79. The van der Waals surface area contributed by atoms with E-state index in [4.69, 9.17) is 0 Å². The van der Waals surface area contributed by atoms with E-state index < -0.39 is 17.9 Å². The van der Waals surface area contributed by atoms with Crippen LogP contribution >= 0.6 is 11.3 Å². The van der Waals surface area contributed by atoms with Crippen molar-refractivity contribution in [1.82, 2.24) is 10.6 Å². The molecule has 1 atom stereocenters. The third-order valence-corrected chi connectivity index (χ3v) is 4.38. The zero-order valence-electron chi connectivity index (χ0n) is 14.0. The Morgan fingerprint density at radius 3 is 2.40 bits per heavy atom. The molecule has 1 unspecified atom stereocenters. The van der Waals surface area contributed by atoms with E-state index in [1.54, 1.807) is 29.6 Å². The molecule has 3 N–H and O–H groups in total. The summed E-state index contributed by atoms with van der Waals surface area (Å²) in [4.78, 5) is 35.9. The maximum Gasteiger partial charge on any atom is 0.330 e. The highest BCUT2D eigenvalue weighted by atomic mass is 32.1. The molecule has 2 rings (SSSR count). The van der Waals surface area contributed by atoms with Crippen molar-refractivity contribution in [2.45, 2.75) is 26.3 Å². The molecule has 1 heterocycles. The zero-order chi connectivity index (χ0) is 18.4. The summed E-state index contributed by atoms with van der Waals surface area (Å²) < 4.78 is 0. The molecule has 1 aromatic carbocycles. The van der Waals surface area contributed by atoms with Gasteiger partial charge < -0.3 is 15.7 Å². The van der Waals surface area contributed by atoms with Crippen molar-refractivity contribution in [2.75, 3.05) is 6.54 Å². The number of carbonyl (C=O) groups excluding carboxylic acids is 2. The first-order valence-corrected chi connectivity index (χ1v) is 8.67. The Hall–Kier alpha value is -2.67. The number of hydrogen-bond donors (Lipinski definition) is 3. The predicted octanol–water partition coefficient (Wildman–Crippen LogP) is 2.43. The molecule has 0 bridgehead atoms. The maximum atomic E-state index is 12.0. The molecule has 0 fully saturated rings. The van der Waals surface area contributed by atoms with Gasteiger partial charge in [-0.05, 0) is 30.9 Å². The normalized spacial score (nSPS) is 11.6. The molecule has 0 spiro atoms. The summed E-state index contributed by atoms with van der Waals surface area (Å²) in [7, 11) is 0. The Morgan fingerprint density at radius 2 is 1.84 bits per heavy atom. The number of aryl methyl sites for hydroxylation is 2. The highest BCUT2D eigenvalue weighted by Crippen LogP contribution is 2.17. The van der Waals surface area contributed by atoms with Crippen LogP contribution in [0.4, 0.5) is 0 Å². The van der Waals surface area contributed by atoms with Gasteiger partial charge in [0, 0.05) is 13.0 Å². The van der Waals surface area contributed by atoms with Gasteiger partial charge in [-0.1, -0.05) is 35.4 Å². The number of hydrogen-bond acceptors (Lipinski definition) is 4. The number of carbonyl (C=O) groups is 3. The second-order valence-electron chi connectivity index (χ2n) is 5.74. The minimum atomic E-state index is -1.12. The van der Waals surface area contributed by atoms with E-state index in [1.165, 1.54) is 11.3 Å². The Morgan fingerprint density at radius 1 is 1.16 bits per heavy atom. The second-order valence-corrected chi connectivity index (χ2v) is 6.69. The fourth-order valence-electron chi connectivity index (χ4n) is 2.48. The van der Waals surface area contributed by atoms with Crippen molar-refractivity contribution in [2.24, 2.45) is 0 Å². The molecular formula is C18H20N2O4S. The second kappa shape index (κ2) is 8.43. The van der Waals surface area contributed by atoms with E-state index in [0.29, 0.717) is 10.4 Å². The fraction of sp³-hybridized carbons (Fsp3) is 0.278. The van der Waals surface area contributed by atoms with Crippen LogP contribution in [0.5, 0.6) is 0 Å². The van der Waals surface area contributed by atoms with Gasteiger partial charge in [0.05, 0.1) is 4.88 Å². The molecule has 0 saturated carbocycles. The van der Waals surface area contributed by atoms with Gasteiger partial charge in [0.15, 0.2) is 6.04 Å². The summed E-state index contributed by atoms with van der Waals surface area (Å²) >= 11 is 1.31. The molecule has 2 amide bonds. The zero-order valence-corrected chi connectivity index (χ0v) is 14.9. The number of aliphatic carboxylic acids is 1. The highest BCUT2D eigenvalue weighted by molar-refractivity contribution is 7.12. The summed E-state index contributed by atoms with van der Waals surface area (Å²) in [6.07, 6.45) is 0.00565. The molecule has 0 radical (unpaired) electrons. The van der Waals surface area contributed by atoms with E-state index >= 15 is 0 Å². The number of rotatable bonds is 7. The predicted molar refractivity (Wildman–Crippen MR) is 95.7 cm³/mol. The smallest absolute Gasteiger partial charge is 0.330 e. The van der Waals surface area contributed by atoms with Gasteiger partial charge in [-0.25, -0.2) is 4.79 Å². The lowest BCUT2D eigenvalue weighted by atomic mass is 10.0. The first kappa shape index (κ1) is 18.7. The van der Waals surface area contributed by atoms with Crippen LogP contribution in [0.25, 0.3) is 0 Å². The van der Waals surface area contributed by atoms with Gasteiger partial charge in [-0.2, -0.15) is 0 Å². The summed E-state index contributed by atoms with van der Waals surface area (Å²) in [6, 6.07) is 7.77. The Kier molecular flexibility index (Phi) is 6.30. The van der Waals surface area contributed by atoms with Gasteiger partial charge in [0.1, 0.15) is 0 Å². The van der Waals surface area contributed by atoms with Gasteiger partial charge in [-0.3, -0.25) is 9.59 Å². The minimum Gasteiger partial charge on any atom is -0.479 e. The van der Waals surface area contributed by atoms with Gasteiger partial charge in [-0.15, -0.1) is 11.3 Å². The molecule has 0 aliphatic rings. The molecule has 0 saturated heterocycles. The third-order valence-electron chi connectivity index (χ3n) is 3.51. The van der Waals surface area contributed by atoms with Crippen LogP contribution in [-0.2, 0) is 9.59 Å². The maximum absolute atomic E-state index is 12.0. The number of nitrogens with one attached hydrogen (secondary N) is 2. The lowest BCUT2D eigenvalue weighted by Gasteiger charge is -2.16. The van der Waals surface area contributed by atoms with Gasteiger partial charge in [0.25, 0.3) is 5.91 Å². The Balaban J connectivity index is 1.92. The third kappa shape index (κ3) is 5.42. The standard InChI is InChI=1S/C18H20N2O4S/c1-11-8-12(2)10-13(9-11)16(18(23)24)20-15(21)5-6-19-17(22)14-4-3-7-25-14/h3-4,7-10,16H,5-6H2,1-2H3,(H,19,22)(H,20,21)(H,23,24). The summed E-state index contributed by atoms with van der Waals surface area (Å²) in [6.45, 7) is 3.89. The van der Waals surface area contributed by atoms with Crippen LogP contribution in [-0.4, -0.2) is 29.4 Å². The SMILES string of the molecule is Cc1cc(C)cc(C(NC(=O)CCNC(=O)c2cccs2)C(=O)O)c1. The molecule has 0 aliphatic carbocycles. The minimum absolute atomic E-state index is 0.00565. The van der Waals surface area contributed by atoms with Crippen molar-refractivity contribution < 1.29 is 19.5 Å². The molecule has 7 heteroatoms. The van der Waals surface area contributed by atoms with E-state index in [1.807, 2.05) is 19.9 Å².